The van der Waals surface area contributed by atoms with Crippen molar-refractivity contribution in [3.05, 3.63) is 52.6 Å². The van der Waals surface area contributed by atoms with E-state index in [4.69, 9.17) is 27.6 Å². The van der Waals surface area contributed by atoms with Crippen LogP contribution in [-0.2, 0) is 10.0 Å². The molecule has 0 bridgehead atoms. The predicted molar refractivity (Wildman–Crippen MR) is 123 cm³/mol. The minimum Gasteiger partial charge on any atom is -0.544 e. The lowest BCUT2D eigenvalue weighted by Gasteiger charge is -2.36. The standard InChI is InChI=1S/C20H24Cl2N2O3SSi/c1-20(2,3)29(4,5)27-13-6-8-14(9-7-13)28(25,26)24-17-11-10-15(21)18-16(22)12-23-19(17)18/h6-12,23-24H,1-5H3. The van der Waals surface area contributed by atoms with Gasteiger partial charge in [-0.1, -0.05) is 44.0 Å². The summed E-state index contributed by atoms with van der Waals surface area (Å²) in [5, 5.41) is 1.50. The van der Waals surface area contributed by atoms with Gasteiger partial charge in [-0.2, -0.15) is 0 Å². The van der Waals surface area contributed by atoms with Crippen molar-refractivity contribution in [3.8, 4) is 5.75 Å². The van der Waals surface area contributed by atoms with Crippen LogP contribution in [0.4, 0.5) is 5.69 Å². The molecule has 0 aliphatic heterocycles. The Kier molecular flexibility index (Phi) is 5.73. The van der Waals surface area contributed by atoms with Crippen molar-refractivity contribution in [1.82, 2.24) is 4.98 Å². The molecule has 1 heterocycles. The molecule has 156 valence electrons. The van der Waals surface area contributed by atoms with Gasteiger partial charge in [-0.15, -0.1) is 0 Å². The van der Waals surface area contributed by atoms with Gasteiger partial charge in [0.2, 0.25) is 8.32 Å². The third kappa shape index (κ3) is 4.43. The Labute approximate surface area is 182 Å². The molecule has 1 aromatic heterocycles. The molecule has 3 rings (SSSR count). The maximum atomic E-state index is 12.9. The van der Waals surface area contributed by atoms with Crippen LogP contribution in [0, 0.1) is 0 Å². The first-order valence-corrected chi connectivity index (χ1v) is 14.2. The number of aromatic nitrogens is 1. The molecule has 0 aliphatic rings. The molecule has 0 spiro atoms. The van der Waals surface area contributed by atoms with Crippen molar-refractivity contribution in [3.63, 3.8) is 0 Å². The number of anilines is 1. The molecule has 0 fully saturated rings. The molecule has 0 saturated heterocycles. The van der Waals surface area contributed by atoms with E-state index in [0.717, 1.165) is 0 Å². The van der Waals surface area contributed by atoms with E-state index in [-0.39, 0.29) is 9.93 Å². The maximum Gasteiger partial charge on any atom is 0.261 e. The highest BCUT2D eigenvalue weighted by atomic mass is 35.5. The highest BCUT2D eigenvalue weighted by Gasteiger charge is 2.39. The molecule has 29 heavy (non-hydrogen) atoms. The van der Waals surface area contributed by atoms with E-state index < -0.39 is 18.3 Å². The molecule has 5 nitrogen and oxygen atoms in total. The highest BCUT2D eigenvalue weighted by Crippen LogP contribution is 2.38. The molecule has 9 heteroatoms. The van der Waals surface area contributed by atoms with Gasteiger partial charge in [-0.25, -0.2) is 8.42 Å². The van der Waals surface area contributed by atoms with E-state index in [9.17, 15) is 8.42 Å². The zero-order chi connectivity index (χ0) is 21.6. The lowest BCUT2D eigenvalue weighted by atomic mass is 10.2. The first-order chi connectivity index (χ1) is 13.3. The number of hydrogen-bond acceptors (Lipinski definition) is 3. The van der Waals surface area contributed by atoms with E-state index in [2.05, 4.69) is 43.6 Å². The van der Waals surface area contributed by atoms with Crippen LogP contribution >= 0.6 is 23.2 Å². The second-order valence-corrected chi connectivity index (χ2v) is 15.6. The van der Waals surface area contributed by atoms with Crippen LogP contribution in [0.1, 0.15) is 20.8 Å². The Bertz CT molecular complexity index is 1150. The monoisotopic (exact) mass is 470 g/mol. The van der Waals surface area contributed by atoms with E-state index in [0.29, 0.717) is 32.4 Å². The number of benzene rings is 2. The Balaban J connectivity index is 1.87. The summed E-state index contributed by atoms with van der Waals surface area (Å²) in [4.78, 5) is 3.10. The second kappa shape index (κ2) is 7.54. The van der Waals surface area contributed by atoms with Gasteiger partial charge < -0.3 is 9.41 Å². The van der Waals surface area contributed by atoms with Crippen LogP contribution in [0.3, 0.4) is 0 Å². The summed E-state index contributed by atoms with van der Waals surface area (Å²) in [5.41, 5.74) is 0.904. The molecule has 0 amide bonds. The molecule has 0 saturated carbocycles. The zero-order valence-electron chi connectivity index (χ0n) is 16.9. The molecular formula is C20H24Cl2N2O3SSi. The number of H-pyrrole nitrogens is 1. The number of halogens is 2. The van der Waals surface area contributed by atoms with E-state index in [1.807, 2.05) is 0 Å². The van der Waals surface area contributed by atoms with Gasteiger partial charge in [0.15, 0.2) is 0 Å². The van der Waals surface area contributed by atoms with Crippen LogP contribution in [0.5, 0.6) is 5.75 Å². The summed E-state index contributed by atoms with van der Waals surface area (Å²) in [6, 6.07) is 9.68. The van der Waals surface area contributed by atoms with Crippen LogP contribution in [0.15, 0.2) is 47.5 Å². The summed E-state index contributed by atoms with van der Waals surface area (Å²) in [6.07, 6.45) is 1.57. The summed E-state index contributed by atoms with van der Waals surface area (Å²) in [5.74, 6) is 0.667. The SMILES string of the molecule is CC(C)(C)[Si](C)(C)Oc1ccc(S(=O)(=O)Nc2ccc(Cl)c3c(Cl)c[nH]c23)cc1. The average Bonchev–Trinajstić information content (AvgIpc) is 2.99. The fourth-order valence-electron chi connectivity index (χ4n) is 2.59. The Morgan fingerprint density at radius 2 is 1.62 bits per heavy atom. The van der Waals surface area contributed by atoms with E-state index in [1.165, 1.54) is 0 Å². The van der Waals surface area contributed by atoms with Gasteiger partial charge in [0.05, 0.1) is 26.1 Å². The quantitative estimate of drug-likeness (QED) is 0.409. The number of sulfonamides is 1. The Morgan fingerprint density at radius 3 is 2.21 bits per heavy atom. The van der Waals surface area contributed by atoms with Gasteiger partial charge >= 0.3 is 0 Å². The van der Waals surface area contributed by atoms with Crippen LogP contribution in [0.2, 0.25) is 28.2 Å². The minimum absolute atomic E-state index is 0.0522. The third-order valence-corrected chi connectivity index (χ3v) is 11.6. The van der Waals surface area contributed by atoms with E-state index >= 15 is 0 Å². The first-order valence-electron chi connectivity index (χ1n) is 9.09. The normalized spacial score (nSPS) is 12.9. The number of aromatic amines is 1. The fourth-order valence-corrected chi connectivity index (χ4v) is 5.25. The van der Waals surface area contributed by atoms with Crippen molar-refractivity contribution < 1.29 is 12.8 Å². The Hall–Kier alpha value is -1.67. The molecule has 3 aromatic rings. The number of rotatable bonds is 5. The van der Waals surface area contributed by atoms with Crippen molar-refractivity contribution >= 4 is 58.1 Å². The fraction of sp³-hybridized carbons (Fsp3) is 0.300. The molecule has 2 N–H and O–H groups in total. The third-order valence-electron chi connectivity index (χ3n) is 5.29. The Morgan fingerprint density at radius 1 is 1.00 bits per heavy atom. The van der Waals surface area contributed by atoms with Gasteiger partial charge in [0.25, 0.3) is 10.0 Å². The van der Waals surface area contributed by atoms with Crippen molar-refractivity contribution in [2.24, 2.45) is 0 Å². The lowest BCUT2D eigenvalue weighted by Crippen LogP contribution is -2.43. The molecule has 0 aliphatic carbocycles. The van der Waals surface area contributed by atoms with Gasteiger partial charge in [-0.3, -0.25) is 4.72 Å². The first kappa shape index (κ1) is 22.0. The van der Waals surface area contributed by atoms with E-state index in [1.54, 1.807) is 42.6 Å². The largest absolute Gasteiger partial charge is 0.544 e. The summed E-state index contributed by atoms with van der Waals surface area (Å²) in [7, 11) is -5.80. The highest BCUT2D eigenvalue weighted by molar-refractivity contribution is 7.92. The second-order valence-electron chi connectivity index (χ2n) is 8.42. The summed E-state index contributed by atoms with van der Waals surface area (Å²) >= 11 is 12.3. The van der Waals surface area contributed by atoms with Crippen LogP contribution in [-0.4, -0.2) is 21.7 Å². The van der Waals surface area contributed by atoms with Crippen LogP contribution in [0.25, 0.3) is 10.9 Å². The maximum absolute atomic E-state index is 12.9. The number of fused-ring (bicyclic) bond motifs is 1. The topological polar surface area (TPSA) is 71.2 Å². The molecule has 0 unspecified atom stereocenters. The minimum atomic E-state index is -3.80. The smallest absolute Gasteiger partial charge is 0.261 e. The number of hydrogen-bond donors (Lipinski definition) is 2. The van der Waals surface area contributed by atoms with Crippen molar-refractivity contribution in [2.45, 2.75) is 43.8 Å². The summed E-state index contributed by atoms with van der Waals surface area (Å²) in [6.45, 7) is 10.8. The lowest BCUT2D eigenvalue weighted by molar-refractivity contribution is 0.492. The van der Waals surface area contributed by atoms with Crippen molar-refractivity contribution in [1.29, 1.82) is 0 Å². The van der Waals surface area contributed by atoms with Crippen molar-refractivity contribution in [2.75, 3.05) is 4.72 Å². The van der Waals surface area contributed by atoms with Gasteiger partial charge in [0.1, 0.15) is 5.75 Å². The summed E-state index contributed by atoms with van der Waals surface area (Å²) < 4.78 is 34.6. The van der Waals surface area contributed by atoms with Crippen LogP contribution < -0.4 is 9.15 Å². The molecular weight excluding hydrogens is 447 g/mol. The number of nitrogens with one attached hydrogen (secondary N) is 2. The zero-order valence-corrected chi connectivity index (χ0v) is 20.3. The van der Waals surface area contributed by atoms with Gasteiger partial charge in [-0.05, 0) is 54.5 Å². The molecule has 0 radical (unpaired) electrons. The van der Waals surface area contributed by atoms with Gasteiger partial charge in [0, 0.05) is 11.6 Å². The molecule has 2 aromatic carbocycles. The average molecular weight is 471 g/mol. The molecule has 0 atom stereocenters. The predicted octanol–water partition coefficient (Wildman–Crippen LogP) is 6.66.